The predicted molar refractivity (Wildman–Crippen MR) is 72.0 cm³/mol. The Labute approximate surface area is 112 Å². The number of hydrogen-bond acceptors (Lipinski definition) is 5. The molecule has 0 spiro atoms. The Bertz CT molecular complexity index is 622. The number of fused-ring (bicyclic) bond motifs is 1. The normalized spacial score (nSPS) is 21.2. The Morgan fingerprint density at radius 2 is 1.79 bits per heavy atom. The summed E-state index contributed by atoms with van der Waals surface area (Å²) < 4.78 is 13.8. The molecule has 0 bridgehead atoms. The highest BCUT2D eigenvalue weighted by atomic mass is 16.7. The maximum Gasteiger partial charge on any atom is 0.516 e. The van der Waals surface area contributed by atoms with Crippen molar-refractivity contribution in [3.63, 3.8) is 0 Å². The Kier molecular flexibility index (Phi) is 2.49. The van der Waals surface area contributed by atoms with Crippen LogP contribution in [-0.2, 0) is 16.4 Å². The Balaban J connectivity index is 2.10. The van der Waals surface area contributed by atoms with Gasteiger partial charge < -0.3 is 9.31 Å². The van der Waals surface area contributed by atoms with Crippen LogP contribution in [0.4, 0.5) is 0 Å². The van der Waals surface area contributed by atoms with Crippen molar-refractivity contribution < 1.29 is 9.31 Å². The minimum absolute atomic E-state index is 0.381. The van der Waals surface area contributed by atoms with E-state index in [9.17, 15) is 0 Å². The summed E-state index contributed by atoms with van der Waals surface area (Å²) in [5, 5.41) is 8.10. The maximum atomic E-state index is 6.03. The van der Waals surface area contributed by atoms with Crippen LogP contribution in [0.1, 0.15) is 27.7 Å². The largest absolute Gasteiger partial charge is 0.516 e. The molecule has 2 aromatic heterocycles. The molecule has 7 heteroatoms. The fourth-order valence-electron chi connectivity index (χ4n) is 2.16. The highest BCUT2D eigenvalue weighted by molar-refractivity contribution is 6.63. The molecule has 1 aliphatic heterocycles. The van der Waals surface area contributed by atoms with E-state index in [2.05, 4.69) is 15.3 Å². The van der Waals surface area contributed by atoms with E-state index < -0.39 is 7.12 Å². The predicted octanol–water partition coefficient (Wildman–Crippen LogP) is 0.662. The molecule has 0 N–H and O–H groups in total. The van der Waals surface area contributed by atoms with Crippen LogP contribution in [-0.4, -0.2) is 38.3 Å². The molecule has 3 heterocycles. The summed E-state index contributed by atoms with van der Waals surface area (Å²) in [6.07, 6.45) is 1.71. The third kappa shape index (κ3) is 1.76. The van der Waals surface area contributed by atoms with Crippen LogP contribution in [0.2, 0.25) is 0 Å². The summed E-state index contributed by atoms with van der Waals surface area (Å²) >= 11 is 0. The van der Waals surface area contributed by atoms with Gasteiger partial charge in [-0.1, -0.05) is 5.21 Å². The number of aryl methyl sites for hydroxylation is 1. The first kappa shape index (κ1) is 12.6. The van der Waals surface area contributed by atoms with E-state index in [0.29, 0.717) is 0 Å². The highest BCUT2D eigenvalue weighted by Crippen LogP contribution is 2.36. The molecule has 1 fully saturated rings. The smallest absolute Gasteiger partial charge is 0.398 e. The second-order valence-electron chi connectivity index (χ2n) is 5.87. The van der Waals surface area contributed by atoms with Crippen molar-refractivity contribution in [1.82, 2.24) is 20.0 Å². The van der Waals surface area contributed by atoms with Crippen molar-refractivity contribution in [2.75, 3.05) is 0 Å². The summed E-state index contributed by atoms with van der Waals surface area (Å²) in [4.78, 5) is 4.40. The number of pyridine rings is 1. The fourth-order valence-corrected chi connectivity index (χ4v) is 2.16. The summed E-state index contributed by atoms with van der Waals surface area (Å²) in [6.45, 7) is 8.09. The monoisotopic (exact) mass is 260 g/mol. The zero-order chi connectivity index (χ0) is 13.8. The molecule has 6 nitrogen and oxygen atoms in total. The molecular weight excluding hydrogens is 243 g/mol. The van der Waals surface area contributed by atoms with Gasteiger partial charge in [-0.05, 0) is 33.8 Å². The summed E-state index contributed by atoms with van der Waals surface area (Å²) in [5.74, 6) is 0. The first-order valence-electron chi connectivity index (χ1n) is 6.32. The summed E-state index contributed by atoms with van der Waals surface area (Å²) in [6, 6.07) is 1.83. The lowest BCUT2D eigenvalue weighted by Crippen LogP contribution is -2.41. The van der Waals surface area contributed by atoms with Gasteiger partial charge in [-0.25, -0.2) is 4.68 Å². The van der Waals surface area contributed by atoms with Crippen LogP contribution in [0.25, 0.3) is 11.0 Å². The summed E-state index contributed by atoms with van der Waals surface area (Å²) in [5.41, 5.74) is 1.60. The van der Waals surface area contributed by atoms with Gasteiger partial charge >= 0.3 is 7.12 Å². The molecule has 0 aromatic carbocycles. The van der Waals surface area contributed by atoms with E-state index in [1.165, 1.54) is 0 Å². The van der Waals surface area contributed by atoms with Gasteiger partial charge in [0.25, 0.3) is 0 Å². The third-order valence-corrected chi connectivity index (χ3v) is 4.02. The van der Waals surface area contributed by atoms with Gasteiger partial charge in [0, 0.05) is 13.2 Å². The van der Waals surface area contributed by atoms with Gasteiger partial charge in [0.05, 0.1) is 16.8 Å². The van der Waals surface area contributed by atoms with E-state index in [1.54, 1.807) is 10.9 Å². The average molecular weight is 260 g/mol. The summed E-state index contributed by atoms with van der Waals surface area (Å²) in [7, 11) is 1.34. The second kappa shape index (κ2) is 3.77. The van der Waals surface area contributed by atoms with Gasteiger partial charge in [-0.3, -0.25) is 4.98 Å². The van der Waals surface area contributed by atoms with E-state index in [0.717, 1.165) is 16.6 Å². The molecule has 0 amide bonds. The van der Waals surface area contributed by atoms with E-state index >= 15 is 0 Å². The van der Waals surface area contributed by atoms with Gasteiger partial charge in [-0.15, -0.1) is 5.10 Å². The number of rotatable bonds is 1. The van der Waals surface area contributed by atoms with Crippen LogP contribution in [0, 0.1) is 0 Å². The Morgan fingerprint density at radius 1 is 1.16 bits per heavy atom. The minimum atomic E-state index is -0.495. The van der Waals surface area contributed by atoms with Crippen LogP contribution >= 0.6 is 0 Å². The zero-order valence-electron chi connectivity index (χ0n) is 11.8. The molecule has 0 unspecified atom stereocenters. The van der Waals surface area contributed by atoms with E-state index in [1.807, 2.05) is 40.8 Å². The lowest BCUT2D eigenvalue weighted by molar-refractivity contribution is 0.00578. The standard InChI is InChI=1S/C12H17BN4O2/c1-11(2)12(3,4)19-13(18-11)10-9-8(6-7-14-10)15-16-17(9)5/h6-7H,1-5H3. The van der Waals surface area contributed by atoms with Crippen molar-refractivity contribution >= 4 is 23.7 Å². The highest BCUT2D eigenvalue weighted by Gasteiger charge is 2.53. The fraction of sp³-hybridized carbons (Fsp3) is 0.583. The van der Waals surface area contributed by atoms with Gasteiger partial charge in [-0.2, -0.15) is 0 Å². The van der Waals surface area contributed by atoms with Crippen LogP contribution < -0.4 is 5.59 Å². The lowest BCUT2D eigenvalue weighted by atomic mass is 9.83. The Hall–Kier alpha value is -1.47. The van der Waals surface area contributed by atoms with E-state index in [-0.39, 0.29) is 11.2 Å². The van der Waals surface area contributed by atoms with Crippen LogP contribution in [0.15, 0.2) is 12.3 Å². The number of hydrogen-bond donors (Lipinski definition) is 0. The van der Waals surface area contributed by atoms with Crippen LogP contribution in [0.5, 0.6) is 0 Å². The molecule has 19 heavy (non-hydrogen) atoms. The van der Waals surface area contributed by atoms with Gasteiger partial charge in [0.15, 0.2) is 0 Å². The molecule has 0 aliphatic carbocycles. The molecule has 2 aromatic rings. The van der Waals surface area contributed by atoms with Gasteiger partial charge in [0.2, 0.25) is 0 Å². The lowest BCUT2D eigenvalue weighted by Gasteiger charge is -2.32. The molecule has 1 aliphatic rings. The first-order chi connectivity index (χ1) is 8.82. The number of nitrogens with zero attached hydrogens (tertiary/aromatic N) is 4. The number of aromatic nitrogens is 4. The molecule has 0 atom stereocenters. The molecule has 0 saturated carbocycles. The van der Waals surface area contributed by atoms with Crippen molar-refractivity contribution in [3.8, 4) is 0 Å². The third-order valence-electron chi connectivity index (χ3n) is 4.02. The van der Waals surface area contributed by atoms with Gasteiger partial charge in [0.1, 0.15) is 11.0 Å². The molecule has 100 valence electrons. The quantitative estimate of drug-likeness (QED) is 0.705. The van der Waals surface area contributed by atoms with Crippen LogP contribution in [0.3, 0.4) is 0 Å². The first-order valence-corrected chi connectivity index (χ1v) is 6.32. The maximum absolute atomic E-state index is 6.03. The molecule has 1 saturated heterocycles. The second-order valence-corrected chi connectivity index (χ2v) is 5.87. The minimum Gasteiger partial charge on any atom is -0.398 e. The molecular formula is C12H17BN4O2. The SMILES string of the molecule is Cn1nnc2ccnc(B3OC(C)(C)C(C)(C)O3)c21. The Morgan fingerprint density at radius 3 is 2.42 bits per heavy atom. The zero-order valence-corrected chi connectivity index (χ0v) is 11.8. The molecule has 3 rings (SSSR count). The molecule has 0 radical (unpaired) electrons. The van der Waals surface area contributed by atoms with E-state index in [4.69, 9.17) is 9.31 Å². The van der Waals surface area contributed by atoms with Crippen molar-refractivity contribution in [2.24, 2.45) is 7.05 Å². The van der Waals surface area contributed by atoms with Crippen molar-refractivity contribution in [2.45, 2.75) is 38.9 Å². The topological polar surface area (TPSA) is 62.1 Å². The average Bonchev–Trinajstić information content (AvgIpc) is 2.78. The van der Waals surface area contributed by atoms with Crippen molar-refractivity contribution in [3.05, 3.63) is 12.3 Å². The van der Waals surface area contributed by atoms with Crippen molar-refractivity contribution in [1.29, 1.82) is 0 Å².